The fourth-order valence-electron chi connectivity index (χ4n) is 4.12. The summed E-state index contributed by atoms with van der Waals surface area (Å²) in [6, 6.07) is 9.27. The van der Waals surface area contributed by atoms with Crippen molar-refractivity contribution in [1.29, 1.82) is 0 Å². The normalized spacial score (nSPS) is 20.6. The van der Waals surface area contributed by atoms with Gasteiger partial charge in [-0.25, -0.2) is 4.79 Å². The Hall–Kier alpha value is -3.16. The van der Waals surface area contributed by atoms with Gasteiger partial charge in [-0.2, -0.15) is 0 Å². The predicted molar refractivity (Wildman–Crippen MR) is 150 cm³/mol. The molecule has 2 rings (SSSR count). The Morgan fingerprint density at radius 2 is 1.50 bits per heavy atom. The quantitative estimate of drug-likeness (QED) is 0.358. The Bertz CT molecular complexity index is 885. The van der Waals surface area contributed by atoms with E-state index in [-0.39, 0.29) is 25.0 Å². The van der Waals surface area contributed by atoms with Crippen LogP contribution < -0.4 is 5.32 Å². The lowest BCUT2D eigenvalue weighted by atomic mass is 10.1. The molecule has 0 saturated heterocycles. The third kappa shape index (κ3) is 15.2. The third-order valence-corrected chi connectivity index (χ3v) is 6.35. The summed E-state index contributed by atoms with van der Waals surface area (Å²) in [5.41, 5.74) is 0.826. The molecule has 0 bridgehead atoms. The highest BCUT2D eigenvalue weighted by molar-refractivity contribution is 6.01. The van der Waals surface area contributed by atoms with Crippen LogP contribution in [0, 0.1) is 0 Å². The van der Waals surface area contributed by atoms with Gasteiger partial charge in [0.1, 0.15) is 13.2 Å². The number of likely N-dealkylation sites (N-methyl/N-ethyl adjacent to an activating group) is 1. The number of rotatable bonds is 2. The van der Waals surface area contributed by atoms with Gasteiger partial charge in [0.15, 0.2) is 0 Å². The van der Waals surface area contributed by atoms with E-state index in [1.807, 2.05) is 30.3 Å². The number of benzene rings is 1. The van der Waals surface area contributed by atoms with Crippen LogP contribution in [0.25, 0.3) is 0 Å². The number of carbonyl (C=O) groups excluding carboxylic acids is 3. The van der Waals surface area contributed by atoms with Gasteiger partial charge in [-0.15, -0.1) is 4.99 Å². The number of hydrogen-bond acceptors (Lipinski definition) is 5. The molecule has 2 amide bonds. The number of guanidine groups is 1. The molecule has 8 nitrogen and oxygen atoms in total. The Balaban J connectivity index is 1.94. The molecule has 0 radical (unpaired) electrons. The second-order valence-corrected chi connectivity index (χ2v) is 9.79. The van der Waals surface area contributed by atoms with Crippen molar-refractivity contribution < 1.29 is 23.9 Å². The maximum atomic E-state index is 12.6. The fourth-order valence-corrected chi connectivity index (χ4v) is 4.12. The minimum atomic E-state index is -0.841. The van der Waals surface area contributed by atoms with Gasteiger partial charge >= 0.3 is 12.1 Å². The molecule has 1 N–H and O–H groups in total. The summed E-state index contributed by atoms with van der Waals surface area (Å²) in [6.45, 7) is 0.276. The van der Waals surface area contributed by atoms with Crippen LogP contribution >= 0.6 is 0 Å². The monoisotopic (exact) mass is 527 g/mol. The SMILES string of the molecule is CN1CC(=O)OCCCCCCCC/C=C/CCCCCCCC(=O)N/C1=N/C(=O)OCc1ccccc1. The molecular weight excluding hydrogens is 482 g/mol. The molecule has 0 fully saturated rings. The minimum Gasteiger partial charge on any atom is -0.464 e. The second kappa shape index (κ2) is 19.9. The average molecular weight is 528 g/mol. The first kappa shape index (κ1) is 31.1. The van der Waals surface area contributed by atoms with Crippen molar-refractivity contribution in [3.63, 3.8) is 0 Å². The van der Waals surface area contributed by atoms with Crippen LogP contribution in [-0.2, 0) is 25.7 Å². The molecule has 210 valence electrons. The van der Waals surface area contributed by atoms with Gasteiger partial charge in [0.05, 0.1) is 6.61 Å². The van der Waals surface area contributed by atoms with E-state index in [0.717, 1.165) is 63.4 Å². The summed E-state index contributed by atoms with van der Waals surface area (Å²) < 4.78 is 10.6. The average Bonchev–Trinajstić information content (AvgIpc) is 2.91. The highest BCUT2D eigenvalue weighted by Gasteiger charge is 2.17. The number of ether oxygens (including phenoxy) is 2. The molecule has 1 heterocycles. The van der Waals surface area contributed by atoms with Crippen molar-refractivity contribution in [2.75, 3.05) is 20.2 Å². The first-order valence-corrected chi connectivity index (χ1v) is 14.2. The lowest BCUT2D eigenvalue weighted by Crippen LogP contribution is -2.45. The van der Waals surface area contributed by atoms with Crippen LogP contribution in [0.2, 0.25) is 0 Å². The number of hydrogen-bond donors (Lipinski definition) is 1. The van der Waals surface area contributed by atoms with Gasteiger partial charge in [-0.05, 0) is 44.1 Å². The summed E-state index contributed by atoms with van der Waals surface area (Å²) >= 11 is 0. The van der Waals surface area contributed by atoms with E-state index in [0.29, 0.717) is 13.0 Å². The molecule has 0 aliphatic carbocycles. The number of amides is 2. The highest BCUT2D eigenvalue weighted by Crippen LogP contribution is 2.11. The van der Waals surface area contributed by atoms with Crippen molar-refractivity contribution in [2.24, 2.45) is 4.99 Å². The maximum absolute atomic E-state index is 12.6. The fraction of sp³-hybridized carbons (Fsp3) is 0.600. The second-order valence-electron chi connectivity index (χ2n) is 9.79. The van der Waals surface area contributed by atoms with Crippen LogP contribution in [-0.4, -0.2) is 49.0 Å². The molecule has 1 aromatic carbocycles. The van der Waals surface area contributed by atoms with Gasteiger partial charge in [0, 0.05) is 13.5 Å². The van der Waals surface area contributed by atoms with E-state index in [2.05, 4.69) is 22.5 Å². The van der Waals surface area contributed by atoms with E-state index >= 15 is 0 Å². The van der Waals surface area contributed by atoms with Gasteiger partial charge in [0.2, 0.25) is 11.9 Å². The molecule has 1 aliphatic heterocycles. The van der Waals surface area contributed by atoms with Gasteiger partial charge in [-0.1, -0.05) is 87.4 Å². The van der Waals surface area contributed by atoms with Crippen LogP contribution in [0.3, 0.4) is 0 Å². The van der Waals surface area contributed by atoms with E-state index in [9.17, 15) is 14.4 Å². The first-order valence-electron chi connectivity index (χ1n) is 14.2. The van der Waals surface area contributed by atoms with E-state index < -0.39 is 12.1 Å². The van der Waals surface area contributed by atoms with Crippen molar-refractivity contribution >= 4 is 23.9 Å². The van der Waals surface area contributed by atoms with Crippen molar-refractivity contribution in [3.05, 3.63) is 48.0 Å². The van der Waals surface area contributed by atoms with Gasteiger partial charge in [0.25, 0.3) is 0 Å². The number of nitrogens with zero attached hydrogens (tertiary/aromatic N) is 2. The van der Waals surface area contributed by atoms with E-state index in [1.165, 1.54) is 30.6 Å². The molecule has 1 aromatic rings. The lowest BCUT2D eigenvalue weighted by molar-refractivity contribution is -0.144. The van der Waals surface area contributed by atoms with Gasteiger partial charge in [-0.3, -0.25) is 14.9 Å². The highest BCUT2D eigenvalue weighted by atomic mass is 16.5. The van der Waals surface area contributed by atoms with Crippen molar-refractivity contribution in [3.8, 4) is 0 Å². The summed E-state index contributed by atoms with van der Waals surface area (Å²) in [4.78, 5) is 42.7. The lowest BCUT2D eigenvalue weighted by Gasteiger charge is -2.20. The third-order valence-electron chi connectivity index (χ3n) is 6.35. The standard InChI is InChI=1S/C30H45N3O5/c1-33-24-28(35)37-23-19-14-12-10-8-6-4-2-3-5-7-9-11-13-18-22-27(34)31-29(33)32-30(36)38-25-26-20-16-15-17-21-26/h2-3,15-17,20-21H,4-14,18-19,22-25H2,1H3,(H,31,32,34,36)/b3-2+. The zero-order valence-corrected chi connectivity index (χ0v) is 23.0. The maximum Gasteiger partial charge on any atom is 0.437 e. The summed E-state index contributed by atoms with van der Waals surface area (Å²) in [7, 11) is 1.59. The zero-order chi connectivity index (χ0) is 27.3. The molecule has 0 spiro atoms. The first-order chi connectivity index (χ1) is 18.5. The molecule has 0 saturated carbocycles. The van der Waals surface area contributed by atoms with E-state index in [1.54, 1.807) is 7.05 Å². The Morgan fingerprint density at radius 1 is 0.895 bits per heavy atom. The number of aliphatic imine (C=N–C) groups is 1. The number of allylic oxidation sites excluding steroid dienone is 2. The van der Waals surface area contributed by atoms with Crippen molar-refractivity contribution in [1.82, 2.24) is 10.2 Å². The number of nitrogens with one attached hydrogen (secondary N) is 1. The smallest absolute Gasteiger partial charge is 0.437 e. The van der Waals surface area contributed by atoms with E-state index in [4.69, 9.17) is 9.47 Å². The van der Waals surface area contributed by atoms with Crippen LogP contribution in [0.15, 0.2) is 47.5 Å². The zero-order valence-electron chi connectivity index (χ0n) is 23.0. The van der Waals surface area contributed by atoms with Crippen LogP contribution in [0.4, 0.5) is 4.79 Å². The number of carbonyl (C=O) groups is 3. The summed E-state index contributed by atoms with van der Waals surface area (Å²) in [5.74, 6) is -0.711. The minimum absolute atomic E-state index is 0.0220. The molecule has 0 unspecified atom stereocenters. The Labute approximate surface area is 227 Å². The Kier molecular flexibility index (Phi) is 16.3. The van der Waals surface area contributed by atoms with Crippen LogP contribution in [0.5, 0.6) is 0 Å². The number of esters is 1. The summed E-state index contributed by atoms with van der Waals surface area (Å²) in [5, 5.41) is 2.69. The molecule has 38 heavy (non-hydrogen) atoms. The summed E-state index contributed by atoms with van der Waals surface area (Å²) in [6.07, 6.45) is 18.1. The molecular formula is C30H45N3O5. The Morgan fingerprint density at radius 3 is 2.18 bits per heavy atom. The molecule has 0 aromatic heterocycles. The molecule has 1 aliphatic rings. The predicted octanol–water partition coefficient (Wildman–Crippen LogP) is 6.30. The van der Waals surface area contributed by atoms with Gasteiger partial charge < -0.3 is 14.4 Å². The number of cyclic esters (lactones) is 1. The van der Waals surface area contributed by atoms with Crippen molar-refractivity contribution in [2.45, 2.75) is 96.5 Å². The molecule has 0 atom stereocenters. The topological polar surface area (TPSA) is 97.3 Å². The van der Waals surface area contributed by atoms with Crippen LogP contribution in [0.1, 0.15) is 95.5 Å². The molecule has 8 heteroatoms. The largest absolute Gasteiger partial charge is 0.464 e.